The third-order valence-electron chi connectivity index (χ3n) is 6.72. The number of fused-ring (bicyclic) bond motifs is 2. The van der Waals surface area contributed by atoms with Crippen molar-refractivity contribution in [1.82, 2.24) is 19.8 Å². The second kappa shape index (κ2) is 9.93. The van der Waals surface area contributed by atoms with Crippen molar-refractivity contribution in [2.45, 2.75) is 45.3 Å². The van der Waals surface area contributed by atoms with Gasteiger partial charge in [-0.2, -0.15) is 0 Å². The van der Waals surface area contributed by atoms with E-state index in [0.29, 0.717) is 29.8 Å². The van der Waals surface area contributed by atoms with Crippen LogP contribution in [0.3, 0.4) is 0 Å². The van der Waals surface area contributed by atoms with E-state index in [2.05, 4.69) is 11.4 Å². The Kier molecular flexibility index (Phi) is 6.54. The van der Waals surface area contributed by atoms with E-state index < -0.39 is 11.9 Å². The van der Waals surface area contributed by atoms with Crippen molar-refractivity contribution in [1.29, 1.82) is 0 Å². The fourth-order valence-electron chi connectivity index (χ4n) is 4.95. The quantitative estimate of drug-likeness (QED) is 0.592. The van der Waals surface area contributed by atoms with Gasteiger partial charge in [0.2, 0.25) is 5.91 Å². The fraction of sp³-hybridized carbons (Fsp3) is 0.333. The Morgan fingerprint density at radius 2 is 1.92 bits per heavy atom. The first-order valence-corrected chi connectivity index (χ1v) is 12.1. The van der Waals surface area contributed by atoms with Crippen molar-refractivity contribution >= 4 is 12.0 Å². The Bertz CT molecular complexity index is 1370. The Morgan fingerprint density at radius 1 is 1.14 bits per heavy atom. The zero-order valence-corrected chi connectivity index (χ0v) is 20.0. The highest BCUT2D eigenvalue weighted by Gasteiger charge is 2.29. The van der Waals surface area contributed by atoms with E-state index in [4.69, 9.17) is 9.72 Å². The molecule has 0 saturated carbocycles. The number of nitrogens with zero attached hydrogens (tertiary/aromatic N) is 3. The van der Waals surface area contributed by atoms with Gasteiger partial charge in [-0.1, -0.05) is 24.3 Å². The van der Waals surface area contributed by atoms with Crippen molar-refractivity contribution in [3.63, 3.8) is 0 Å². The molecule has 5 rings (SSSR count). The first-order valence-electron chi connectivity index (χ1n) is 12.1. The van der Waals surface area contributed by atoms with Gasteiger partial charge in [-0.25, -0.2) is 14.2 Å². The smallest absolute Gasteiger partial charge is 0.410 e. The van der Waals surface area contributed by atoms with Crippen LogP contribution >= 0.6 is 0 Å². The molecule has 0 radical (unpaired) electrons. The van der Waals surface area contributed by atoms with Crippen LogP contribution in [0.15, 0.2) is 53.3 Å². The number of carbonyl (C=O) groups is 2. The van der Waals surface area contributed by atoms with Gasteiger partial charge in [-0.3, -0.25) is 14.2 Å². The van der Waals surface area contributed by atoms with Crippen molar-refractivity contribution in [3.8, 4) is 11.4 Å². The van der Waals surface area contributed by atoms with E-state index in [9.17, 15) is 18.8 Å². The highest BCUT2D eigenvalue weighted by Crippen LogP contribution is 2.30. The maximum Gasteiger partial charge on any atom is 0.410 e. The summed E-state index contributed by atoms with van der Waals surface area (Å²) in [5, 5.41) is 3.06. The van der Waals surface area contributed by atoms with Gasteiger partial charge >= 0.3 is 6.09 Å². The van der Waals surface area contributed by atoms with Crippen molar-refractivity contribution in [3.05, 3.63) is 87.1 Å². The summed E-state index contributed by atoms with van der Waals surface area (Å²) >= 11 is 0. The van der Waals surface area contributed by atoms with E-state index >= 15 is 0 Å². The van der Waals surface area contributed by atoms with Crippen LogP contribution in [-0.2, 0) is 35.5 Å². The normalized spacial score (nSPS) is 16.3. The molecular formula is C27H27FN4O4. The van der Waals surface area contributed by atoms with E-state index in [1.54, 1.807) is 6.92 Å². The number of aromatic nitrogens is 2. The number of ether oxygens (including phenoxy) is 1. The first kappa shape index (κ1) is 23.7. The molecule has 8 nitrogen and oxygen atoms in total. The molecule has 0 saturated heterocycles. The highest BCUT2D eigenvalue weighted by molar-refractivity contribution is 5.77. The minimum Gasteiger partial charge on any atom is -0.450 e. The lowest BCUT2D eigenvalue weighted by atomic mass is 10.1. The number of amides is 2. The second-order valence-corrected chi connectivity index (χ2v) is 8.99. The summed E-state index contributed by atoms with van der Waals surface area (Å²) in [5.41, 5.74) is 3.42. The van der Waals surface area contributed by atoms with Crippen LogP contribution in [0, 0.1) is 5.82 Å². The minimum absolute atomic E-state index is 0.109. The van der Waals surface area contributed by atoms with Crippen LogP contribution in [0.1, 0.15) is 41.8 Å². The maximum absolute atomic E-state index is 13.6. The van der Waals surface area contributed by atoms with Crippen LogP contribution in [0.25, 0.3) is 11.4 Å². The summed E-state index contributed by atoms with van der Waals surface area (Å²) in [7, 11) is 0. The zero-order valence-electron chi connectivity index (χ0n) is 20.0. The van der Waals surface area contributed by atoms with Gasteiger partial charge in [0, 0.05) is 17.7 Å². The van der Waals surface area contributed by atoms with Gasteiger partial charge in [0.1, 0.15) is 18.2 Å². The molecule has 1 N–H and O–H groups in total. The Balaban J connectivity index is 1.47. The summed E-state index contributed by atoms with van der Waals surface area (Å²) in [6.45, 7) is 2.21. The average Bonchev–Trinajstić information content (AvgIpc) is 3.28. The van der Waals surface area contributed by atoms with Crippen molar-refractivity contribution in [2.75, 3.05) is 13.2 Å². The van der Waals surface area contributed by atoms with E-state index in [1.165, 1.54) is 39.3 Å². The van der Waals surface area contributed by atoms with Crippen LogP contribution < -0.4 is 10.9 Å². The second-order valence-electron chi connectivity index (χ2n) is 8.99. The number of hydrogen-bond donors (Lipinski definition) is 1. The van der Waals surface area contributed by atoms with E-state index in [0.717, 1.165) is 18.4 Å². The number of benzene rings is 2. The molecule has 2 heterocycles. The van der Waals surface area contributed by atoms with Gasteiger partial charge in [0.15, 0.2) is 0 Å². The molecular weight excluding hydrogens is 463 g/mol. The van der Waals surface area contributed by atoms with Crippen molar-refractivity contribution in [2.24, 2.45) is 0 Å². The molecule has 36 heavy (non-hydrogen) atoms. The molecule has 0 spiro atoms. The number of aryl methyl sites for hydroxylation is 1. The molecule has 2 aromatic carbocycles. The number of halogens is 1. The summed E-state index contributed by atoms with van der Waals surface area (Å²) in [6, 6.07) is 13.5. The largest absolute Gasteiger partial charge is 0.450 e. The van der Waals surface area contributed by atoms with Crippen LogP contribution in [0.2, 0.25) is 0 Å². The van der Waals surface area contributed by atoms with Gasteiger partial charge in [0.05, 0.1) is 24.9 Å². The predicted molar refractivity (Wildman–Crippen MR) is 131 cm³/mol. The highest BCUT2D eigenvalue weighted by atomic mass is 19.1. The SMILES string of the molecule is CCOC(=O)N1CCc2c(nc(-c3ccc(F)cc3)n(CC(=O)N[C@@H]3CCc4ccccc43)c2=O)C1. The van der Waals surface area contributed by atoms with E-state index in [1.807, 2.05) is 18.2 Å². The lowest BCUT2D eigenvalue weighted by Crippen LogP contribution is -2.42. The molecule has 0 bridgehead atoms. The number of nitrogens with one attached hydrogen (secondary N) is 1. The Morgan fingerprint density at radius 3 is 2.69 bits per heavy atom. The molecule has 2 amide bonds. The molecule has 1 aliphatic carbocycles. The first-order chi connectivity index (χ1) is 17.4. The summed E-state index contributed by atoms with van der Waals surface area (Å²) < 4.78 is 20.1. The molecule has 0 unspecified atom stereocenters. The standard InChI is InChI=1S/C27H27FN4O4/c1-2-36-27(35)31-14-13-21-23(15-31)30-25(18-7-10-19(28)11-8-18)32(26(21)34)16-24(33)29-22-12-9-17-5-3-4-6-20(17)22/h3-8,10-11,22H,2,9,12-16H2,1H3,(H,29,33)/t22-/m1/s1. The Labute approximate surface area is 207 Å². The summed E-state index contributed by atoms with van der Waals surface area (Å²) in [4.78, 5) is 45.2. The summed E-state index contributed by atoms with van der Waals surface area (Å²) in [6.07, 6.45) is 1.53. The van der Waals surface area contributed by atoms with Gasteiger partial charge in [-0.15, -0.1) is 0 Å². The zero-order chi connectivity index (χ0) is 25.2. The topological polar surface area (TPSA) is 93.5 Å². The molecule has 1 aliphatic heterocycles. The molecule has 0 fully saturated rings. The average molecular weight is 491 g/mol. The fourth-order valence-corrected chi connectivity index (χ4v) is 4.95. The van der Waals surface area contributed by atoms with Crippen LogP contribution in [0.5, 0.6) is 0 Å². The van der Waals surface area contributed by atoms with Gasteiger partial charge < -0.3 is 15.0 Å². The lowest BCUT2D eigenvalue weighted by molar-refractivity contribution is -0.122. The number of hydrogen-bond acceptors (Lipinski definition) is 5. The third kappa shape index (κ3) is 4.60. The molecule has 9 heteroatoms. The van der Waals surface area contributed by atoms with Crippen LogP contribution in [-0.4, -0.2) is 39.6 Å². The minimum atomic E-state index is -0.464. The summed E-state index contributed by atoms with van der Waals surface area (Å²) in [5.74, 6) is -0.462. The van der Waals surface area contributed by atoms with Gasteiger partial charge in [-0.05, 0) is 61.6 Å². The predicted octanol–water partition coefficient (Wildman–Crippen LogP) is 3.37. The monoisotopic (exact) mass is 490 g/mol. The van der Waals surface area contributed by atoms with Crippen molar-refractivity contribution < 1.29 is 18.7 Å². The maximum atomic E-state index is 13.6. The Hall–Kier alpha value is -4.01. The number of carbonyl (C=O) groups excluding carboxylic acids is 2. The van der Waals surface area contributed by atoms with E-state index in [-0.39, 0.29) is 43.0 Å². The van der Waals surface area contributed by atoms with Crippen LogP contribution in [0.4, 0.5) is 9.18 Å². The number of rotatable bonds is 5. The van der Waals surface area contributed by atoms with Gasteiger partial charge in [0.25, 0.3) is 5.56 Å². The molecule has 3 aromatic rings. The molecule has 2 aliphatic rings. The molecule has 1 atom stereocenters. The third-order valence-corrected chi connectivity index (χ3v) is 6.72. The molecule has 1 aromatic heterocycles. The molecule has 186 valence electrons. The lowest BCUT2D eigenvalue weighted by Gasteiger charge is -2.28.